The molecule has 6 N–H and O–H groups in total. The molecule has 0 aromatic rings. The van der Waals surface area contributed by atoms with Gasteiger partial charge < -0.3 is 40.1 Å². The molecule has 1 heterocycles. The molecular formula is C11H19NO8. The van der Waals surface area contributed by atoms with Crippen LogP contribution in [0, 0.1) is 11.3 Å². The molecule has 0 aliphatic carbocycles. The van der Waals surface area contributed by atoms with Gasteiger partial charge in [0, 0.05) is 0 Å². The van der Waals surface area contributed by atoms with E-state index in [-0.39, 0.29) is 0 Å². The highest BCUT2D eigenvalue weighted by atomic mass is 16.7. The normalized spacial score (nSPS) is 37.1. The topological polar surface area (TPSA) is 164 Å². The van der Waals surface area contributed by atoms with Gasteiger partial charge in [-0.1, -0.05) is 0 Å². The summed E-state index contributed by atoms with van der Waals surface area (Å²) in [6, 6.07) is 1.67. The molecule has 0 spiro atoms. The van der Waals surface area contributed by atoms with Crippen molar-refractivity contribution in [3.63, 3.8) is 0 Å². The smallest absolute Gasteiger partial charge is 0.186 e. The Hall–Kier alpha value is -0.830. The lowest BCUT2D eigenvalue weighted by Gasteiger charge is -2.40. The van der Waals surface area contributed by atoms with Crippen molar-refractivity contribution < 1.29 is 40.1 Å². The zero-order valence-corrected chi connectivity index (χ0v) is 10.7. The van der Waals surface area contributed by atoms with Gasteiger partial charge in [0.25, 0.3) is 0 Å². The first kappa shape index (κ1) is 17.2. The van der Waals surface area contributed by atoms with Gasteiger partial charge >= 0.3 is 0 Å². The molecule has 0 aromatic carbocycles. The SMILES string of the molecule is N#CCC(O)(CO)COC1OC(CO)C(O)C(O)C1O. The fourth-order valence-electron chi connectivity index (χ4n) is 1.74. The van der Waals surface area contributed by atoms with E-state index in [0.29, 0.717) is 0 Å². The van der Waals surface area contributed by atoms with Crippen LogP contribution in [0.4, 0.5) is 0 Å². The van der Waals surface area contributed by atoms with E-state index in [1.807, 2.05) is 0 Å². The average Bonchev–Trinajstić information content (AvgIpc) is 2.44. The molecule has 20 heavy (non-hydrogen) atoms. The van der Waals surface area contributed by atoms with Crippen LogP contribution in [-0.4, -0.2) is 86.8 Å². The van der Waals surface area contributed by atoms with E-state index in [4.69, 9.17) is 24.9 Å². The first-order valence-corrected chi connectivity index (χ1v) is 6.01. The van der Waals surface area contributed by atoms with Crippen LogP contribution in [0.1, 0.15) is 6.42 Å². The summed E-state index contributed by atoms with van der Waals surface area (Å²) in [7, 11) is 0. The fraction of sp³-hybridized carbons (Fsp3) is 0.909. The molecule has 1 aliphatic heterocycles. The predicted octanol–water partition coefficient (Wildman–Crippen LogP) is -3.56. The van der Waals surface area contributed by atoms with Crippen molar-refractivity contribution >= 4 is 0 Å². The number of ether oxygens (including phenoxy) is 2. The van der Waals surface area contributed by atoms with E-state index < -0.39 is 62.5 Å². The van der Waals surface area contributed by atoms with Crippen LogP contribution in [0.15, 0.2) is 0 Å². The van der Waals surface area contributed by atoms with Gasteiger partial charge in [-0.25, -0.2) is 0 Å². The molecule has 0 radical (unpaired) electrons. The molecule has 9 heteroatoms. The third-order valence-corrected chi connectivity index (χ3v) is 3.07. The van der Waals surface area contributed by atoms with E-state index in [1.54, 1.807) is 6.07 Å². The zero-order chi connectivity index (χ0) is 15.3. The Labute approximate surface area is 115 Å². The summed E-state index contributed by atoms with van der Waals surface area (Å²) in [5.74, 6) is 0. The second-order valence-corrected chi connectivity index (χ2v) is 4.73. The van der Waals surface area contributed by atoms with Crippen LogP contribution >= 0.6 is 0 Å². The van der Waals surface area contributed by atoms with Crippen molar-refractivity contribution in [1.82, 2.24) is 0 Å². The number of hydrogen-bond acceptors (Lipinski definition) is 9. The fourth-order valence-corrected chi connectivity index (χ4v) is 1.74. The van der Waals surface area contributed by atoms with Crippen LogP contribution in [0.25, 0.3) is 0 Å². The third kappa shape index (κ3) is 3.85. The molecule has 1 saturated heterocycles. The lowest BCUT2D eigenvalue weighted by Crippen LogP contribution is -2.59. The minimum Gasteiger partial charge on any atom is -0.394 e. The van der Waals surface area contributed by atoms with Crippen LogP contribution in [0.2, 0.25) is 0 Å². The van der Waals surface area contributed by atoms with Crippen molar-refractivity contribution in [2.24, 2.45) is 0 Å². The van der Waals surface area contributed by atoms with Gasteiger partial charge in [0.15, 0.2) is 6.29 Å². The lowest BCUT2D eigenvalue weighted by atomic mass is 9.99. The second-order valence-electron chi connectivity index (χ2n) is 4.73. The Morgan fingerprint density at radius 3 is 2.30 bits per heavy atom. The van der Waals surface area contributed by atoms with Crippen LogP contribution in [0.3, 0.4) is 0 Å². The van der Waals surface area contributed by atoms with Crippen LogP contribution in [0.5, 0.6) is 0 Å². The highest BCUT2D eigenvalue weighted by molar-refractivity contribution is 4.91. The molecular weight excluding hydrogens is 274 g/mol. The van der Waals surface area contributed by atoms with Crippen molar-refractivity contribution in [3.8, 4) is 6.07 Å². The van der Waals surface area contributed by atoms with Crippen LogP contribution < -0.4 is 0 Å². The Balaban J connectivity index is 2.64. The van der Waals surface area contributed by atoms with Gasteiger partial charge in [-0.15, -0.1) is 0 Å². The van der Waals surface area contributed by atoms with Gasteiger partial charge in [0.1, 0.15) is 30.0 Å². The van der Waals surface area contributed by atoms with E-state index in [2.05, 4.69) is 0 Å². The number of nitriles is 1. The first-order valence-electron chi connectivity index (χ1n) is 6.01. The summed E-state index contributed by atoms with van der Waals surface area (Å²) in [6.07, 6.45) is -7.65. The lowest BCUT2D eigenvalue weighted by molar-refractivity contribution is -0.309. The maximum Gasteiger partial charge on any atom is 0.186 e. The first-order chi connectivity index (χ1) is 9.38. The number of nitrogens with zero attached hydrogens (tertiary/aromatic N) is 1. The predicted molar refractivity (Wildman–Crippen MR) is 62.0 cm³/mol. The molecule has 0 saturated carbocycles. The molecule has 1 aliphatic rings. The van der Waals surface area contributed by atoms with Crippen molar-refractivity contribution in [2.45, 2.75) is 42.7 Å². The summed E-state index contributed by atoms with van der Waals surface area (Å²) in [6.45, 7) is -1.87. The zero-order valence-electron chi connectivity index (χ0n) is 10.7. The summed E-state index contributed by atoms with van der Waals surface area (Å²) < 4.78 is 10.1. The van der Waals surface area contributed by atoms with Crippen molar-refractivity contribution in [2.75, 3.05) is 19.8 Å². The Morgan fingerprint density at radius 2 is 1.80 bits per heavy atom. The van der Waals surface area contributed by atoms with E-state index in [9.17, 15) is 20.4 Å². The maximum atomic E-state index is 9.78. The molecule has 6 unspecified atom stereocenters. The monoisotopic (exact) mass is 293 g/mol. The van der Waals surface area contributed by atoms with Gasteiger partial charge in [0.05, 0.1) is 32.3 Å². The highest BCUT2D eigenvalue weighted by Gasteiger charge is 2.44. The summed E-state index contributed by atoms with van der Waals surface area (Å²) in [5.41, 5.74) is -1.83. The number of hydrogen-bond donors (Lipinski definition) is 6. The molecule has 0 amide bonds. The Kier molecular flexibility index (Phi) is 6.25. The largest absolute Gasteiger partial charge is 0.394 e. The molecule has 0 bridgehead atoms. The number of aliphatic hydroxyl groups is 6. The number of rotatable bonds is 6. The molecule has 9 nitrogen and oxygen atoms in total. The maximum absolute atomic E-state index is 9.78. The molecule has 1 fully saturated rings. The van der Waals surface area contributed by atoms with Gasteiger partial charge in [-0.3, -0.25) is 0 Å². The minimum atomic E-state index is -1.83. The van der Waals surface area contributed by atoms with E-state index >= 15 is 0 Å². The summed E-state index contributed by atoms with van der Waals surface area (Å²) in [5, 5.41) is 65.0. The van der Waals surface area contributed by atoms with Crippen LogP contribution in [-0.2, 0) is 9.47 Å². The second kappa shape index (κ2) is 7.26. The summed E-state index contributed by atoms with van der Waals surface area (Å²) >= 11 is 0. The van der Waals surface area contributed by atoms with E-state index in [0.717, 1.165) is 0 Å². The van der Waals surface area contributed by atoms with Crippen molar-refractivity contribution in [3.05, 3.63) is 0 Å². The standard InChI is InChI=1S/C11H19NO8/c12-2-1-11(18,4-14)5-19-10-9(17)8(16)7(15)6(3-13)20-10/h6-10,13-18H,1,3-5H2. The van der Waals surface area contributed by atoms with E-state index in [1.165, 1.54) is 0 Å². The Bertz CT molecular complexity index is 346. The molecule has 0 aromatic heterocycles. The molecule has 6 atom stereocenters. The average molecular weight is 293 g/mol. The minimum absolute atomic E-state index is 0.402. The Morgan fingerprint density at radius 1 is 1.15 bits per heavy atom. The third-order valence-electron chi connectivity index (χ3n) is 3.07. The number of aliphatic hydroxyl groups excluding tert-OH is 5. The quantitative estimate of drug-likeness (QED) is 0.291. The molecule has 1 rings (SSSR count). The summed E-state index contributed by atoms with van der Waals surface area (Å²) in [4.78, 5) is 0. The van der Waals surface area contributed by atoms with Gasteiger partial charge in [0.2, 0.25) is 0 Å². The highest BCUT2D eigenvalue weighted by Crippen LogP contribution is 2.23. The molecule has 116 valence electrons. The van der Waals surface area contributed by atoms with Gasteiger partial charge in [-0.2, -0.15) is 5.26 Å². The van der Waals surface area contributed by atoms with Crippen molar-refractivity contribution in [1.29, 1.82) is 5.26 Å². The van der Waals surface area contributed by atoms with Gasteiger partial charge in [-0.05, 0) is 0 Å².